The molecule has 8 nitrogen and oxygen atoms in total. The molecule has 152 valence electrons. The highest BCUT2D eigenvalue weighted by atomic mass is 16.4. The third-order valence-electron chi connectivity index (χ3n) is 5.16. The molecule has 0 saturated carbocycles. The summed E-state index contributed by atoms with van der Waals surface area (Å²) in [5.74, 6) is -8.38. The average molecular weight is 408 g/mol. The Morgan fingerprint density at radius 2 is 1.10 bits per heavy atom. The number of hydrogen-bond donors (Lipinski definition) is 4. The molecule has 2 aromatic rings. The molecule has 8 heteroatoms. The molecule has 30 heavy (non-hydrogen) atoms. The maximum Gasteiger partial charge on any atom is 0.327 e. The van der Waals surface area contributed by atoms with Crippen molar-refractivity contribution in [2.24, 2.45) is 10.8 Å². The van der Waals surface area contributed by atoms with Crippen molar-refractivity contribution in [3.8, 4) is 11.1 Å². The average Bonchev–Trinajstić information content (AvgIpc) is 2.73. The summed E-state index contributed by atoms with van der Waals surface area (Å²) in [6, 6.07) is 15.9. The zero-order valence-corrected chi connectivity index (χ0v) is 15.4. The van der Waals surface area contributed by atoms with Crippen LogP contribution in [0.4, 0.5) is 0 Å². The first-order valence-electron chi connectivity index (χ1n) is 8.68. The summed E-state index contributed by atoms with van der Waals surface area (Å²) in [5, 5.41) is 38.5. The van der Waals surface area contributed by atoms with Gasteiger partial charge in [0.1, 0.15) is 0 Å². The van der Waals surface area contributed by atoms with Crippen LogP contribution in [0, 0.1) is 10.8 Å². The smallest absolute Gasteiger partial charge is 0.327 e. The van der Waals surface area contributed by atoms with Crippen LogP contribution in [0.25, 0.3) is 16.7 Å². The minimum Gasteiger partial charge on any atom is -0.480 e. The molecular weight excluding hydrogens is 392 g/mol. The van der Waals surface area contributed by atoms with Crippen LogP contribution in [-0.2, 0) is 19.2 Å². The van der Waals surface area contributed by atoms with Crippen LogP contribution in [0.2, 0.25) is 0 Å². The number of carboxylic acids is 4. The van der Waals surface area contributed by atoms with Crippen molar-refractivity contribution >= 4 is 29.5 Å². The van der Waals surface area contributed by atoms with Crippen LogP contribution >= 0.6 is 0 Å². The van der Waals surface area contributed by atoms with E-state index in [1.807, 2.05) is 30.3 Å². The summed E-state index contributed by atoms with van der Waals surface area (Å²) in [6.07, 6.45) is 2.42. The molecule has 0 saturated heterocycles. The summed E-state index contributed by atoms with van der Waals surface area (Å²) in [4.78, 5) is 47.7. The fraction of sp³-hybridized carbons (Fsp3) is 0.0909. The van der Waals surface area contributed by atoms with Crippen molar-refractivity contribution in [2.75, 3.05) is 0 Å². The minimum atomic E-state index is -3.25. The monoisotopic (exact) mass is 408 g/mol. The Labute approximate surface area is 170 Å². The predicted molar refractivity (Wildman–Crippen MR) is 104 cm³/mol. The second-order valence-electron chi connectivity index (χ2n) is 6.72. The lowest BCUT2D eigenvalue weighted by Crippen LogP contribution is -2.60. The molecule has 1 aliphatic carbocycles. The van der Waals surface area contributed by atoms with Crippen LogP contribution in [0.15, 0.2) is 72.8 Å². The standard InChI is InChI=1S/C22H16O8/c23-17(24)21(18(25)26)10-9-16(12-22(21,19(27)28)20(29)30)15-8-4-7-14(11-15)13-5-2-1-3-6-13/h1-12H,(H,23,24)(H,25,26)(H,27,28)(H,29,30). The summed E-state index contributed by atoms with van der Waals surface area (Å²) in [7, 11) is 0. The first kappa shape index (κ1) is 20.5. The Hall–Kier alpha value is -4.20. The molecule has 0 fully saturated rings. The van der Waals surface area contributed by atoms with Crippen molar-refractivity contribution in [2.45, 2.75) is 0 Å². The van der Waals surface area contributed by atoms with Crippen LogP contribution in [0.1, 0.15) is 5.56 Å². The number of benzene rings is 2. The fourth-order valence-electron chi connectivity index (χ4n) is 3.55. The van der Waals surface area contributed by atoms with Gasteiger partial charge in [-0.05, 0) is 34.4 Å². The Morgan fingerprint density at radius 3 is 1.63 bits per heavy atom. The highest BCUT2D eigenvalue weighted by Crippen LogP contribution is 2.49. The summed E-state index contributed by atoms with van der Waals surface area (Å²) >= 11 is 0. The molecule has 1 aliphatic rings. The minimum absolute atomic E-state index is 0.0794. The molecule has 0 aliphatic heterocycles. The number of aliphatic carboxylic acids is 4. The summed E-state index contributed by atoms with van der Waals surface area (Å²) in [6.45, 7) is 0. The van der Waals surface area contributed by atoms with E-state index in [0.29, 0.717) is 17.7 Å². The third-order valence-corrected chi connectivity index (χ3v) is 5.16. The van der Waals surface area contributed by atoms with Crippen molar-refractivity contribution in [3.63, 3.8) is 0 Å². The number of rotatable bonds is 6. The lowest BCUT2D eigenvalue weighted by Gasteiger charge is -2.37. The molecule has 3 rings (SSSR count). The predicted octanol–water partition coefficient (Wildman–Crippen LogP) is 2.62. The first-order chi connectivity index (χ1) is 14.2. The van der Waals surface area contributed by atoms with E-state index in [2.05, 4.69) is 0 Å². The van der Waals surface area contributed by atoms with E-state index in [1.54, 1.807) is 24.3 Å². The lowest BCUT2D eigenvalue weighted by atomic mass is 9.59. The maximum atomic E-state index is 12.0. The van der Waals surface area contributed by atoms with Gasteiger partial charge in [0, 0.05) is 0 Å². The molecule has 0 unspecified atom stereocenters. The van der Waals surface area contributed by atoms with Gasteiger partial charge in [0.25, 0.3) is 0 Å². The number of hydrogen-bond acceptors (Lipinski definition) is 4. The van der Waals surface area contributed by atoms with E-state index in [0.717, 1.165) is 17.2 Å². The molecule has 0 amide bonds. The third kappa shape index (κ3) is 2.86. The second kappa shape index (κ2) is 7.32. The van der Waals surface area contributed by atoms with Gasteiger partial charge in [0.15, 0.2) is 0 Å². The highest BCUT2D eigenvalue weighted by Gasteiger charge is 2.70. The Balaban J connectivity index is 2.24. The lowest BCUT2D eigenvalue weighted by molar-refractivity contribution is -0.185. The van der Waals surface area contributed by atoms with Gasteiger partial charge in [-0.1, -0.05) is 60.7 Å². The molecule has 0 atom stereocenters. The van der Waals surface area contributed by atoms with E-state index >= 15 is 0 Å². The van der Waals surface area contributed by atoms with Gasteiger partial charge in [-0.2, -0.15) is 0 Å². The first-order valence-corrected chi connectivity index (χ1v) is 8.68. The highest BCUT2D eigenvalue weighted by molar-refractivity contribution is 6.17. The Kier molecular flexibility index (Phi) is 5.01. The quantitative estimate of drug-likeness (QED) is 0.533. The Bertz CT molecular complexity index is 1080. The molecule has 0 radical (unpaired) electrons. The van der Waals surface area contributed by atoms with Gasteiger partial charge in [-0.15, -0.1) is 0 Å². The molecule has 2 aromatic carbocycles. The van der Waals surface area contributed by atoms with E-state index in [1.165, 1.54) is 0 Å². The molecular formula is C22H16O8. The fourth-order valence-corrected chi connectivity index (χ4v) is 3.55. The van der Waals surface area contributed by atoms with Gasteiger partial charge in [0.05, 0.1) is 0 Å². The Morgan fingerprint density at radius 1 is 0.600 bits per heavy atom. The molecule has 0 heterocycles. The van der Waals surface area contributed by atoms with E-state index in [9.17, 15) is 39.6 Å². The zero-order valence-electron chi connectivity index (χ0n) is 15.4. The van der Waals surface area contributed by atoms with Gasteiger partial charge < -0.3 is 20.4 Å². The second-order valence-corrected chi connectivity index (χ2v) is 6.72. The summed E-state index contributed by atoms with van der Waals surface area (Å²) in [5.41, 5.74) is -4.37. The SMILES string of the molecule is O=C(O)C1(C(=O)O)C=CC(c2cccc(-c3ccccc3)c2)=CC1(C(=O)O)C(=O)O. The summed E-state index contributed by atoms with van der Waals surface area (Å²) < 4.78 is 0. The number of carbonyl (C=O) groups is 4. The van der Waals surface area contributed by atoms with Gasteiger partial charge in [-0.3, -0.25) is 19.2 Å². The molecule has 0 bridgehead atoms. The number of carboxylic acid groups (broad SMARTS) is 4. The van der Waals surface area contributed by atoms with E-state index in [4.69, 9.17) is 0 Å². The zero-order chi connectivity index (χ0) is 22.1. The van der Waals surface area contributed by atoms with Crippen LogP contribution in [-0.4, -0.2) is 44.3 Å². The van der Waals surface area contributed by atoms with Crippen LogP contribution in [0.3, 0.4) is 0 Å². The van der Waals surface area contributed by atoms with Crippen molar-refractivity contribution in [3.05, 3.63) is 78.4 Å². The molecule has 4 N–H and O–H groups in total. The van der Waals surface area contributed by atoms with Crippen LogP contribution in [0.5, 0.6) is 0 Å². The van der Waals surface area contributed by atoms with E-state index in [-0.39, 0.29) is 5.57 Å². The largest absolute Gasteiger partial charge is 0.480 e. The maximum absolute atomic E-state index is 12.0. The van der Waals surface area contributed by atoms with Crippen molar-refractivity contribution < 1.29 is 39.6 Å². The topological polar surface area (TPSA) is 149 Å². The van der Waals surface area contributed by atoms with Crippen molar-refractivity contribution in [1.82, 2.24) is 0 Å². The van der Waals surface area contributed by atoms with Gasteiger partial charge >= 0.3 is 23.9 Å². The van der Waals surface area contributed by atoms with Gasteiger partial charge in [-0.25, -0.2) is 0 Å². The molecule has 0 spiro atoms. The van der Waals surface area contributed by atoms with Gasteiger partial charge in [0.2, 0.25) is 10.8 Å². The normalized spacial score (nSPS) is 16.3. The van der Waals surface area contributed by atoms with Crippen LogP contribution < -0.4 is 0 Å². The molecule has 0 aromatic heterocycles. The van der Waals surface area contributed by atoms with E-state index < -0.39 is 34.7 Å². The number of allylic oxidation sites excluding steroid dienone is 2. The van der Waals surface area contributed by atoms with Crippen molar-refractivity contribution in [1.29, 1.82) is 0 Å².